The van der Waals surface area contributed by atoms with E-state index in [1.807, 2.05) is 18.2 Å². The molecule has 0 saturated carbocycles. The van der Waals surface area contributed by atoms with Gasteiger partial charge in [-0.1, -0.05) is 53.0 Å². The first-order chi connectivity index (χ1) is 14.8. The van der Waals surface area contributed by atoms with Crippen LogP contribution in [0.2, 0.25) is 15.1 Å². The van der Waals surface area contributed by atoms with Crippen LogP contribution in [-0.4, -0.2) is 13.4 Å². The fourth-order valence-corrected chi connectivity index (χ4v) is 4.59. The van der Waals surface area contributed by atoms with Crippen molar-refractivity contribution in [1.29, 1.82) is 0 Å². The summed E-state index contributed by atoms with van der Waals surface area (Å²) in [6.07, 6.45) is 0. The third-order valence-corrected chi connectivity index (χ3v) is 7.01. The molecule has 1 N–H and O–H groups in total. The van der Waals surface area contributed by atoms with Crippen LogP contribution in [0.5, 0.6) is 0 Å². The number of sulfone groups is 1. The van der Waals surface area contributed by atoms with Gasteiger partial charge in [0.1, 0.15) is 0 Å². The Morgan fingerprint density at radius 3 is 2.10 bits per heavy atom. The van der Waals surface area contributed by atoms with Crippen molar-refractivity contribution in [2.24, 2.45) is 0 Å². The lowest BCUT2D eigenvalue weighted by Crippen LogP contribution is -2.07. The highest BCUT2D eigenvalue weighted by Crippen LogP contribution is 2.33. The van der Waals surface area contributed by atoms with E-state index in [0.29, 0.717) is 20.6 Å². The van der Waals surface area contributed by atoms with Crippen molar-refractivity contribution >= 4 is 50.5 Å². The van der Waals surface area contributed by atoms with E-state index >= 15 is 0 Å². The Hall–Kier alpha value is -2.51. The lowest BCUT2D eigenvalue weighted by atomic mass is 10.2. The van der Waals surface area contributed by atoms with Gasteiger partial charge >= 0.3 is 0 Å². The van der Waals surface area contributed by atoms with Crippen molar-refractivity contribution in [3.8, 4) is 11.5 Å². The van der Waals surface area contributed by atoms with Gasteiger partial charge < -0.3 is 9.73 Å². The molecule has 0 unspecified atom stereocenters. The van der Waals surface area contributed by atoms with Gasteiger partial charge in [-0.15, -0.1) is 0 Å². The third-order valence-electron chi connectivity index (χ3n) is 4.46. The summed E-state index contributed by atoms with van der Waals surface area (Å²) in [5, 5.41) is 4.31. The normalized spacial score (nSPS) is 11.5. The molecular weight excluding hydrogens is 479 g/mol. The summed E-state index contributed by atoms with van der Waals surface area (Å²) in [6, 6.07) is 19.8. The highest BCUT2D eigenvalue weighted by atomic mass is 35.5. The van der Waals surface area contributed by atoms with E-state index in [1.54, 1.807) is 30.3 Å². The lowest BCUT2D eigenvalue weighted by molar-refractivity contribution is 0.577. The standard InChI is InChI=1S/C22H15Cl3N2O3S/c23-16-7-5-14(6-8-16)20-27-22(31(28,29)18-11-9-17(24)10-12-18)21(30-20)26-13-15-3-1-2-4-19(15)25/h1-12,26H,13H2. The molecule has 158 valence electrons. The summed E-state index contributed by atoms with van der Waals surface area (Å²) < 4.78 is 32.4. The number of hydrogen-bond donors (Lipinski definition) is 1. The summed E-state index contributed by atoms with van der Waals surface area (Å²) in [6.45, 7) is 0.248. The minimum absolute atomic E-state index is 0.0137. The molecule has 0 radical (unpaired) electrons. The molecule has 1 heterocycles. The van der Waals surface area contributed by atoms with Crippen LogP contribution in [0.4, 0.5) is 5.88 Å². The van der Waals surface area contributed by atoms with E-state index in [9.17, 15) is 8.42 Å². The lowest BCUT2D eigenvalue weighted by Gasteiger charge is -2.07. The van der Waals surface area contributed by atoms with Crippen molar-refractivity contribution in [3.05, 3.63) is 93.4 Å². The van der Waals surface area contributed by atoms with Gasteiger partial charge in [0.2, 0.25) is 26.6 Å². The molecule has 0 atom stereocenters. The fraction of sp³-hybridized carbons (Fsp3) is 0.0455. The number of nitrogens with zero attached hydrogens (tertiary/aromatic N) is 1. The van der Waals surface area contributed by atoms with Crippen molar-refractivity contribution in [3.63, 3.8) is 0 Å². The maximum atomic E-state index is 13.3. The molecule has 9 heteroatoms. The van der Waals surface area contributed by atoms with Crippen molar-refractivity contribution in [2.45, 2.75) is 16.5 Å². The zero-order chi connectivity index (χ0) is 22.0. The predicted octanol–water partition coefficient (Wildman–Crippen LogP) is 6.75. The number of halogens is 3. The van der Waals surface area contributed by atoms with Gasteiger partial charge in [0.05, 0.1) is 4.90 Å². The summed E-state index contributed by atoms with van der Waals surface area (Å²) in [4.78, 5) is 4.34. The van der Waals surface area contributed by atoms with E-state index in [2.05, 4.69) is 10.3 Å². The van der Waals surface area contributed by atoms with Gasteiger partial charge in [0.15, 0.2) is 0 Å². The molecule has 0 saturated heterocycles. The number of benzene rings is 3. The first-order valence-electron chi connectivity index (χ1n) is 9.09. The Morgan fingerprint density at radius 2 is 1.45 bits per heavy atom. The Kier molecular flexibility index (Phi) is 6.25. The summed E-state index contributed by atoms with van der Waals surface area (Å²) in [7, 11) is -3.98. The molecule has 4 aromatic rings. The van der Waals surface area contributed by atoms with Crippen LogP contribution in [-0.2, 0) is 16.4 Å². The molecule has 1 aromatic heterocycles. The molecule has 3 aromatic carbocycles. The highest BCUT2D eigenvalue weighted by molar-refractivity contribution is 7.91. The van der Waals surface area contributed by atoms with Gasteiger partial charge in [0, 0.05) is 27.2 Å². The van der Waals surface area contributed by atoms with Crippen LogP contribution in [0.1, 0.15) is 5.56 Å². The minimum Gasteiger partial charge on any atom is -0.419 e. The summed E-state index contributed by atoms with van der Waals surface area (Å²) in [5.41, 5.74) is 1.37. The monoisotopic (exact) mass is 492 g/mol. The maximum absolute atomic E-state index is 13.3. The molecule has 4 rings (SSSR count). The zero-order valence-electron chi connectivity index (χ0n) is 15.8. The quantitative estimate of drug-likeness (QED) is 0.322. The predicted molar refractivity (Wildman–Crippen MR) is 123 cm³/mol. The molecule has 0 aliphatic rings. The van der Waals surface area contributed by atoms with Crippen LogP contribution >= 0.6 is 34.8 Å². The summed E-state index contributed by atoms with van der Waals surface area (Å²) in [5.74, 6) is 0.158. The van der Waals surface area contributed by atoms with Gasteiger partial charge in [-0.25, -0.2) is 8.42 Å². The third kappa shape index (κ3) is 4.72. The van der Waals surface area contributed by atoms with Gasteiger partial charge in [-0.05, 0) is 60.2 Å². The van der Waals surface area contributed by atoms with E-state index in [0.717, 1.165) is 5.56 Å². The number of aromatic nitrogens is 1. The van der Waals surface area contributed by atoms with Crippen LogP contribution in [0, 0.1) is 0 Å². The topological polar surface area (TPSA) is 72.2 Å². The minimum atomic E-state index is -3.98. The Balaban J connectivity index is 1.77. The molecule has 5 nitrogen and oxygen atoms in total. The largest absolute Gasteiger partial charge is 0.419 e. The number of hydrogen-bond acceptors (Lipinski definition) is 5. The van der Waals surface area contributed by atoms with Crippen molar-refractivity contribution < 1.29 is 12.8 Å². The number of anilines is 1. The second kappa shape index (κ2) is 8.93. The summed E-state index contributed by atoms with van der Waals surface area (Å²) >= 11 is 18.1. The van der Waals surface area contributed by atoms with E-state index < -0.39 is 9.84 Å². The molecule has 0 aliphatic heterocycles. The first-order valence-corrected chi connectivity index (χ1v) is 11.7. The smallest absolute Gasteiger partial charge is 0.234 e. The van der Waals surface area contributed by atoms with Crippen molar-refractivity contribution in [1.82, 2.24) is 4.98 Å². The van der Waals surface area contributed by atoms with E-state index in [-0.39, 0.29) is 28.2 Å². The highest BCUT2D eigenvalue weighted by Gasteiger charge is 2.28. The molecule has 0 amide bonds. The van der Waals surface area contributed by atoms with E-state index in [1.165, 1.54) is 24.3 Å². The van der Waals surface area contributed by atoms with Gasteiger partial charge in [0.25, 0.3) is 0 Å². The number of nitrogens with one attached hydrogen (secondary N) is 1. The van der Waals surface area contributed by atoms with Crippen LogP contribution in [0.15, 0.2) is 87.1 Å². The van der Waals surface area contributed by atoms with Crippen LogP contribution in [0.3, 0.4) is 0 Å². The second-order valence-electron chi connectivity index (χ2n) is 6.56. The molecular formula is C22H15Cl3N2O3S. The number of rotatable bonds is 6. The van der Waals surface area contributed by atoms with Crippen molar-refractivity contribution in [2.75, 3.05) is 5.32 Å². The van der Waals surface area contributed by atoms with Crippen LogP contribution < -0.4 is 5.32 Å². The Morgan fingerprint density at radius 1 is 0.839 bits per heavy atom. The van der Waals surface area contributed by atoms with E-state index in [4.69, 9.17) is 39.2 Å². The van der Waals surface area contributed by atoms with Gasteiger partial charge in [-0.3, -0.25) is 0 Å². The average Bonchev–Trinajstić information content (AvgIpc) is 3.19. The molecule has 0 bridgehead atoms. The Bertz CT molecular complexity index is 1320. The molecule has 0 spiro atoms. The average molecular weight is 494 g/mol. The zero-order valence-corrected chi connectivity index (χ0v) is 18.9. The molecule has 0 fully saturated rings. The maximum Gasteiger partial charge on any atom is 0.234 e. The SMILES string of the molecule is O=S(=O)(c1ccc(Cl)cc1)c1nc(-c2ccc(Cl)cc2)oc1NCc1ccccc1Cl. The first kappa shape index (κ1) is 21.7. The van der Waals surface area contributed by atoms with Gasteiger partial charge in [-0.2, -0.15) is 4.98 Å². The Labute approximate surface area is 194 Å². The fourth-order valence-electron chi connectivity index (χ4n) is 2.86. The molecule has 31 heavy (non-hydrogen) atoms. The number of oxazole rings is 1. The van der Waals surface area contributed by atoms with Crippen LogP contribution in [0.25, 0.3) is 11.5 Å². The second-order valence-corrected chi connectivity index (χ2v) is 9.71. The molecule has 0 aliphatic carbocycles.